The van der Waals surface area contributed by atoms with Crippen LogP contribution in [0.15, 0.2) is 65.8 Å². The van der Waals surface area contributed by atoms with Crippen molar-refractivity contribution in [3.63, 3.8) is 0 Å². The molecule has 0 aliphatic carbocycles. The minimum absolute atomic E-state index is 0.214. The van der Waals surface area contributed by atoms with Crippen LogP contribution in [0.25, 0.3) is 0 Å². The van der Waals surface area contributed by atoms with Crippen molar-refractivity contribution >= 4 is 35.3 Å². The largest absolute Gasteiger partial charge is 0.495 e. The van der Waals surface area contributed by atoms with Gasteiger partial charge in [-0.3, -0.25) is 14.4 Å². The maximum Gasteiger partial charge on any atom is 0.329 e. The number of rotatable bonds is 9. The fourth-order valence-corrected chi connectivity index (χ4v) is 3.24. The van der Waals surface area contributed by atoms with E-state index in [1.165, 1.54) is 20.4 Å². The zero-order valence-corrected chi connectivity index (χ0v) is 21.0. The number of anilines is 2. The Bertz CT molecular complexity index is 1320. The number of nitrogens with one attached hydrogen (secondary N) is 3. The van der Waals surface area contributed by atoms with E-state index in [1.54, 1.807) is 42.5 Å². The Balaban J connectivity index is 1.55. The molecule has 3 amide bonds. The number of aryl methyl sites for hydroxylation is 1. The Kier molecular flexibility index (Phi) is 9.20. The maximum absolute atomic E-state index is 12.3. The van der Waals surface area contributed by atoms with Gasteiger partial charge in [0.15, 0.2) is 18.1 Å². The molecule has 3 aromatic carbocycles. The maximum atomic E-state index is 12.3. The quantitative estimate of drug-likeness (QED) is 0.233. The van der Waals surface area contributed by atoms with Gasteiger partial charge in [-0.1, -0.05) is 24.3 Å². The van der Waals surface area contributed by atoms with Crippen molar-refractivity contribution in [1.29, 1.82) is 0 Å². The lowest BCUT2D eigenvalue weighted by Crippen LogP contribution is -2.32. The van der Waals surface area contributed by atoms with Crippen molar-refractivity contribution in [1.82, 2.24) is 5.43 Å². The van der Waals surface area contributed by atoms with Crippen LogP contribution in [0, 0.1) is 13.8 Å². The molecule has 0 atom stereocenters. The summed E-state index contributed by atoms with van der Waals surface area (Å²) in [6.45, 7) is 3.69. The number of hydrogen-bond acceptors (Lipinski definition) is 7. The Morgan fingerprint density at radius 2 is 1.54 bits per heavy atom. The fraction of sp³-hybridized carbons (Fsp3) is 0.185. The third-order valence-corrected chi connectivity index (χ3v) is 5.37. The molecule has 3 aromatic rings. The van der Waals surface area contributed by atoms with Crippen molar-refractivity contribution in [3.05, 3.63) is 77.4 Å². The first-order valence-corrected chi connectivity index (χ1v) is 11.3. The highest BCUT2D eigenvalue weighted by atomic mass is 16.5. The second-order valence-corrected chi connectivity index (χ2v) is 7.85. The first-order chi connectivity index (χ1) is 17.8. The predicted molar refractivity (Wildman–Crippen MR) is 140 cm³/mol. The summed E-state index contributed by atoms with van der Waals surface area (Å²) in [5, 5.41) is 9.11. The van der Waals surface area contributed by atoms with Crippen molar-refractivity contribution in [2.45, 2.75) is 13.8 Å². The lowest BCUT2D eigenvalue weighted by atomic mass is 10.1. The van der Waals surface area contributed by atoms with E-state index in [0.717, 1.165) is 16.8 Å². The minimum atomic E-state index is -0.955. The van der Waals surface area contributed by atoms with E-state index >= 15 is 0 Å². The SMILES string of the molecule is COc1ccccc1NC(=O)C(=O)N/N=C\c1ccc(OCC(=O)Nc2cccc(C)c2C)c(OC)c1. The van der Waals surface area contributed by atoms with Crippen LogP contribution < -0.4 is 30.3 Å². The number of para-hydroxylation sites is 2. The molecule has 3 rings (SSSR count). The van der Waals surface area contributed by atoms with Crippen LogP contribution in [-0.4, -0.2) is 44.8 Å². The van der Waals surface area contributed by atoms with E-state index in [0.29, 0.717) is 28.5 Å². The molecule has 3 N–H and O–H groups in total. The number of benzene rings is 3. The zero-order valence-electron chi connectivity index (χ0n) is 21.0. The molecule has 0 aliphatic heterocycles. The number of hydrazone groups is 1. The van der Waals surface area contributed by atoms with E-state index in [4.69, 9.17) is 14.2 Å². The van der Waals surface area contributed by atoms with Crippen LogP contribution >= 0.6 is 0 Å². The van der Waals surface area contributed by atoms with E-state index in [-0.39, 0.29) is 12.5 Å². The number of carbonyl (C=O) groups is 3. The van der Waals surface area contributed by atoms with Crippen LogP contribution in [0.2, 0.25) is 0 Å². The van der Waals surface area contributed by atoms with Gasteiger partial charge in [-0.15, -0.1) is 0 Å². The molecule has 0 radical (unpaired) electrons. The number of hydrogen-bond donors (Lipinski definition) is 3. The Hall–Kier alpha value is -4.86. The van der Waals surface area contributed by atoms with E-state index in [2.05, 4.69) is 21.2 Å². The standard InChI is InChI=1S/C27H28N4O6/c1-17-8-7-10-20(18(17)2)29-25(32)16-37-23-13-12-19(14-24(23)36-4)15-28-31-27(34)26(33)30-21-9-5-6-11-22(21)35-3/h5-15H,16H2,1-4H3,(H,29,32)(H,30,33)(H,31,34)/b28-15-. The summed E-state index contributed by atoms with van der Waals surface area (Å²) in [4.78, 5) is 36.5. The molecule has 0 unspecified atom stereocenters. The van der Waals surface area contributed by atoms with E-state index < -0.39 is 11.8 Å². The first-order valence-electron chi connectivity index (χ1n) is 11.3. The van der Waals surface area contributed by atoms with Crippen molar-refractivity contribution in [3.8, 4) is 17.2 Å². The fourth-order valence-electron chi connectivity index (χ4n) is 3.24. The molecule has 0 bridgehead atoms. The smallest absolute Gasteiger partial charge is 0.329 e. The van der Waals surface area contributed by atoms with Crippen LogP contribution in [0.5, 0.6) is 17.2 Å². The molecule has 0 spiro atoms. The van der Waals surface area contributed by atoms with Crippen molar-refractivity contribution in [2.24, 2.45) is 5.10 Å². The summed E-state index contributed by atoms with van der Waals surface area (Å²) in [5.41, 5.74) is 5.88. The van der Waals surface area contributed by atoms with Crippen molar-refractivity contribution < 1.29 is 28.6 Å². The number of methoxy groups -OCH3 is 2. The van der Waals surface area contributed by atoms with E-state index in [1.807, 2.05) is 32.0 Å². The van der Waals surface area contributed by atoms with Gasteiger partial charge in [0.05, 0.1) is 26.1 Å². The van der Waals surface area contributed by atoms with Gasteiger partial charge in [0.2, 0.25) is 0 Å². The van der Waals surface area contributed by atoms with Gasteiger partial charge in [0.1, 0.15) is 5.75 Å². The van der Waals surface area contributed by atoms with Crippen LogP contribution in [0.4, 0.5) is 11.4 Å². The molecular weight excluding hydrogens is 476 g/mol. The van der Waals surface area contributed by atoms with Crippen LogP contribution in [0.1, 0.15) is 16.7 Å². The number of amides is 3. The number of nitrogens with zero attached hydrogens (tertiary/aromatic N) is 1. The Labute approximate surface area is 214 Å². The highest BCUT2D eigenvalue weighted by Gasteiger charge is 2.15. The summed E-state index contributed by atoms with van der Waals surface area (Å²) < 4.78 is 16.1. The Morgan fingerprint density at radius 1 is 0.811 bits per heavy atom. The normalized spacial score (nSPS) is 10.5. The van der Waals surface area contributed by atoms with Gasteiger partial charge in [-0.2, -0.15) is 5.10 Å². The number of ether oxygens (including phenoxy) is 3. The summed E-state index contributed by atoms with van der Waals surface area (Å²) in [5.74, 6) is -1.02. The molecule has 0 heterocycles. The monoisotopic (exact) mass is 504 g/mol. The molecule has 0 saturated carbocycles. The summed E-state index contributed by atoms with van der Waals surface area (Å²) in [7, 11) is 2.92. The highest BCUT2D eigenvalue weighted by Crippen LogP contribution is 2.28. The van der Waals surface area contributed by atoms with Crippen LogP contribution in [-0.2, 0) is 14.4 Å². The highest BCUT2D eigenvalue weighted by molar-refractivity contribution is 6.39. The third kappa shape index (κ3) is 7.31. The average Bonchev–Trinajstić information content (AvgIpc) is 2.90. The van der Waals surface area contributed by atoms with Gasteiger partial charge >= 0.3 is 11.8 Å². The van der Waals surface area contributed by atoms with Gasteiger partial charge < -0.3 is 24.8 Å². The lowest BCUT2D eigenvalue weighted by Gasteiger charge is -2.13. The minimum Gasteiger partial charge on any atom is -0.495 e. The van der Waals surface area contributed by atoms with Gasteiger partial charge in [0, 0.05) is 5.69 Å². The predicted octanol–water partition coefficient (Wildman–Crippen LogP) is 3.43. The third-order valence-electron chi connectivity index (χ3n) is 5.37. The molecule has 192 valence electrons. The van der Waals surface area contributed by atoms with Gasteiger partial charge in [0.25, 0.3) is 5.91 Å². The number of carbonyl (C=O) groups excluding carboxylic acids is 3. The van der Waals surface area contributed by atoms with Crippen molar-refractivity contribution in [2.75, 3.05) is 31.5 Å². The topological polar surface area (TPSA) is 127 Å². The van der Waals surface area contributed by atoms with Gasteiger partial charge in [-0.05, 0) is 66.9 Å². The summed E-state index contributed by atoms with van der Waals surface area (Å²) in [6.07, 6.45) is 1.34. The average molecular weight is 505 g/mol. The molecule has 37 heavy (non-hydrogen) atoms. The first kappa shape index (κ1) is 26.7. The van der Waals surface area contributed by atoms with E-state index in [9.17, 15) is 14.4 Å². The Morgan fingerprint density at radius 3 is 2.30 bits per heavy atom. The summed E-state index contributed by atoms with van der Waals surface area (Å²) >= 11 is 0. The molecule has 0 aliphatic rings. The molecule has 0 aromatic heterocycles. The molecular formula is C27H28N4O6. The summed E-state index contributed by atoms with van der Waals surface area (Å²) in [6, 6.07) is 17.3. The molecule has 0 fully saturated rings. The zero-order chi connectivity index (χ0) is 26.8. The molecule has 10 nitrogen and oxygen atoms in total. The second kappa shape index (κ2) is 12.7. The molecule has 10 heteroatoms. The lowest BCUT2D eigenvalue weighted by molar-refractivity contribution is -0.136. The van der Waals surface area contributed by atoms with Gasteiger partial charge in [-0.25, -0.2) is 5.43 Å². The second-order valence-electron chi connectivity index (χ2n) is 7.85. The van der Waals surface area contributed by atoms with Crippen LogP contribution in [0.3, 0.4) is 0 Å². The molecule has 0 saturated heterocycles.